The molecule has 0 heterocycles. The maximum atomic E-state index is 13.0. The van der Waals surface area contributed by atoms with Gasteiger partial charge in [0, 0.05) is 17.2 Å². The van der Waals surface area contributed by atoms with Gasteiger partial charge in [0.2, 0.25) is 15.8 Å². The highest BCUT2D eigenvalue weighted by Gasteiger charge is 2.35. The SMILES string of the molecule is COc1cccc2c1C(=O)c1c(OC)cc(NS(=O)(=O)CCl)cc1C2=O. The maximum absolute atomic E-state index is 13.0. The Bertz CT molecular complexity index is 1030. The number of alkyl halides is 1. The molecule has 26 heavy (non-hydrogen) atoms. The third-order valence-corrected chi connectivity index (χ3v) is 5.62. The Morgan fingerprint density at radius 2 is 1.62 bits per heavy atom. The van der Waals surface area contributed by atoms with Crippen LogP contribution in [0.1, 0.15) is 31.8 Å². The molecule has 0 unspecified atom stereocenters. The van der Waals surface area contributed by atoms with Gasteiger partial charge in [0.15, 0.2) is 5.78 Å². The second-order valence-electron chi connectivity index (χ2n) is 5.47. The van der Waals surface area contributed by atoms with E-state index in [0.29, 0.717) is 0 Å². The first-order valence-electron chi connectivity index (χ1n) is 7.38. The van der Waals surface area contributed by atoms with Gasteiger partial charge in [0.05, 0.1) is 31.0 Å². The normalized spacial score (nSPS) is 13.0. The molecule has 0 saturated heterocycles. The Morgan fingerprint density at radius 1 is 0.962 bits per heavy atom. The van der Waals surface area contributed by atoms with E-state index in [9.17, 15) is 18.0 Å². The van der Waals surface area contributed by atoms with E-state index in [-0.39, 0.29) is 39.4 Å². The Kier molecular flexibility index (Phi) is 4.64. The topological polar surface area (TPSA) is 98.8 Å². The van der Waals surface area contributed by atoms with Gasteiger partial charge in [-0.15, -0.1) is 11.6 Å². The van der Waals surface area contributed by atoms with Crippen molar-refractivity contribution in [2.24, 2.45) is 0 Å². The van der Waals surface area contributed by atoms with Crippen molar-refractivity contribution in [3.8, 4) is 11.5 Å². The molecule has 2 aromatic carbocycles. The number of hydrogen-bond donors (Lipinski definition) is 1. The molecule has 0 spiro atoms. The van der Waals surface area contributed by atoms with E-state index in [4.69, 9.17) is 21.1 Å². The molecule has 0 fully saturated rings. The first-order chi connectivity index (χ1) is 12.3. The van der Waals surface area contributed by atoms with E-state index in [1.165, 1.54) is 32.4 Å². The van der Waals surface area contributed by atoms with Crippen molar-refractivity contribution in [3.63, 3.8) is 0 Å². The molecule has 2 aromatic rings. The molecule has 7 nitrogen and oxygen atoms in total. The number of sulfonamides is 1. The molecule has 0 bridgehead atoms. The van der Waals surface area contributed by atoms with Gasteiger partial charge in [-0.2, -0.15) is 0 Å². The molecule has 0 amide bonds. The van der Waals surface area contributed by atoms with Crippen LogP contribution in [-0.2, 0) is 10.0 Å². The first kappa shape index (κ1) is 18.2. The van der Waals surface area contributed by atoms with Crippen molar-refractivity contribution in [1.82, 2.24) is 0 Å². The summed E-state index contributed by atoms with van der Waals surface area (Å²) in [5.41, 5.74) is 0.514. The molecule has 1 aliphatic rings. The number of fused-ring (bicyclic) bond motifs is 2. The first-order valence-corrected chi connectivity index (χ1v) is 9.56. The zero-order valence-corrected chi connectivity index (χ0v) is 15.4. The number of halogens is 1. The van der Waals surface area contributed by atoms with Gasteiger partial charge in [-0.3, -0.25) is 14.3 Å². The van der Waals surface area contributed by atoms with Crippen LogP contribution in [0, 0.1) is 0 Å². The van der Waals surface area contributed by atoms with Gasteiger partial charge < -0.3 is 9.47 Å². The van der Waals surface area contributed by atoms with E-state index >= 15 is 0 Å². The predicted molar refractivity (Wildman–Crippen MR) is 96.1 cm³/mol. The van der Waals surface area contributed by atoms with Crippen molar-refractivity contribution in [2.45, 2.75) is 0 Å². The quantitative estimate of drug-likeness (QED) is 0.666. The second-order valence-corrected chi connectivity index (χ2v) is 7.77. The summed E-state index contributed by atoms with van der Waals surface area (Å²) >= 11 is 5.40. The predicted octanol–water partition coefficient (Wildman–Crippen LogP) is 2.42. The molecular weight excluding hydrogens is 382 g/mol. The minimum atomic E-state index is -3.78. The number of nitrogens with one attached hydrogen (secondary N) is 1. The second kappa shape index (κ2) is 6.62. The highest BCUT2D eigenvalue weighted by molar-refractivity contribution is 7.93. The number of ether oxygens (including phenoxy) is 2. The lowest BCUT2D eigenvalue weighted by Gasteiger charge is -2.22. The van der Waals surface area contributed by atoms with Gasteiger partial charge in [-0.25, -0.2) is 8.42 Å². The summed E-state index contributed by atoms with van der Waals surface area (Å²) in [7, 11) is -1.05. The molecule has 0 saturated carbocycles. The smallest absolute Gasteiger partial charge is 0.246 e. The summed E-state index contributed by atoms with van der Waals surface area (Å²) < 4.78 is 36.1. The highest BCUT2D eigenvalue weighted by Crippen LogP contribution is 2.39. The van der Waals surface area contributed by atoms with Crippen LogP contribution < -0.4 is 14.2 Å². The van der Waals surface area contributed by atoms with Crippen molar-refractivity contribution >= 4 is 38.9 Å². The summed E-state index contributed by atoms with van der Waals surface area (Å²) in [5, 5.41) is -0.653. The number of benzene rings is 2. The number of hydrogen-bond acceptors (Lipinski definition) is 6. The van der Waals surface area contributed by atoms with Crippen LogP contribution in [0.5, 0.6) is 11.5 Å². The van der Waals surface area contributed by atoms with Crippen LogP contribution in [0.3, 0.4) is 0 Å². The van der Waals surface area contributed by atoms with Crippen LogP contribution in [0.15, 0.2) is 30.3 Å². The Morgan fingerprint density at radius 3 is 2.23 bits per heavy atom. The highest BCUT2D eigenvalue weighted by atomic mass is 35.5. The maximum Gasteiger partial charge on any atom is 0.246 e. The number of anilines is 1. The summed E-state index contributed by atoms with van der Waals surface area (Å²) in [6, 6.07) is 7.33. The van der Waals surface area contributed by atoms with Gasteiger partial charge in [0.1, 0.15) is 16.7 Å². The molecule has 0 aromatic heterocycles. The lowest BCUT2D eigenvalue weighted by Crippen LogP contribution is -2.23. The lowest BCUT2D eigenvalue weighted by molar-refractivity contribution is 0.0974. The fourth-order valence-electron chi connectivity index (χ4n) is 2.85. The molecule has 0 atom stereocenters. The molecule has 136 valence electrons. The third kappa shape index (κ3) is 2.91. The summed E-state index contributed by atoms with van der Waals surface area (Å²) in [6.07, 6.45) is 0. The van der Waals surface area contributed by atoms with Gasteiger partial charge in [0.25, 0.3) is 0 Å². The average Bonchev–Trinajstić information content (AvgIpc) is 2.64. The van der Waals surface area contributed by atoms with Crippen LogP contribution in [-0.4, -0.2) is 39.4 Å². The Hall–Kier alpha value is -2.58. The van der Waals surface area contributed by atoms with E-state index in [2.05, 4.69) is 4.72 Å². The Labute approximate surface area is 154 Å². The summed E-state index contributed by atoms with van der Waals surface area (Å²) in [5.74, 6) is -0.514. The minimum Gasteiger partial charge on any atom is -0.496 e. The fraction of sp³-hybridized carbons (Fsp3) is 0.176. The van der Waals surface area contributed by atoms with E-state index < -0.39 is 26.8 Å². The Balaban J connectivity index is 2.24. The molecule has 3 rings (SSSR count). The zero-order chi connectivity index (χ0) is 19.1. The number of methoxy groups -OCH3 is 2. The standard InChI is InChI=1S/C17H14ClNO6S/c1-24-12-5-3-4-10-14(12)17(21)15-11(16(10)20)6-9(7-13(15)25-2)19-26(22,23)8-18/h3-7,19H,8H2,1-2H3. The summed E-state index contributed by atoms with van der Waals surface area (Å²) in [6.45, 7) is 0. The number of carbonyl (C=O) groups excluding carboxylic acids is 2. The van der Waals surface area contributed by atoms with E-state index in [1.807, 2.05) is 0 Å². The van der Waals surface area contributed by atoms with Gasteiger partial charge in [-0.05, 0) is 12.1 Å². The number of carbonyl (C=O) groups is 2. The number of ketones is 2. The molecule has 1 N–H and O–H groups in total. The molecule has 1 aliphatic carbocycles. The number of rotatable bonds is 5. The van der Waals surface area contributed by atoms with Crippen LogP contribution in [0.2, 0.25) is 0 Å². The monoisotopic (exact) mass is 395 g/mol. The fourth-order valence-corrected chi connectivity index (χ4v) is 3.55. The molecule has 0 aliphatic heterocycles. The van der Waals surface area contributed by atoms with Crippen LogP contribution in [0.25, 0.3) is 0 Å². The van der Waals surface area contributed by atoms with Crippen molar-refractivity contribution in [1.29, 1.82) is 0 Å². The van der Waals surface area contributed by atoms with Crippen molar-refractivity contribution in [3.05, 3.63) is 52.6 Å². The lowest BCUT2D eigenvalue weighted by atomic mass is 9.83. The van der Waals surface area contributed by atoms with E-state index in [1.54, 1.807) is 12.1 Å². The van der Waals surface area contributed by atoms with Gasteiger partial charge >= 0.3 is 0 Å². The van der Waals surface area contributed by atoms with Crippen molar-refractivity contribution < 1.29 is 27.5 Å². The average molecular weight is 396 g/mol. The van der Waals surface area contributed by atoms with Crippen LogP contribution >= 0.6 is 11.6 Å². The van der Waals surface area contributed by atoms with Crippen LogP contribution in [0.4, 0.5) is 5.69 Å². The van der Waals surface area contributed by atoms with Gasteiger partial charge in [-0.1, -0.05) is 12.1 Å². The minimum absolute atomic E-state index is 0.0439. The zero-order valence-electron chi connectivity index (χ0n) is 13.8. The molecular formula is C17H14ClNO6S. The van der Waals surface area contributed by atoms with E-state index in [0.717, 1.165) is 0 Å². The largest absolute Gasteiger partial charge is 0.496 e. The third-order valence-electron chi connectivity index (χ3n) is 3.93. The molecule has 0 radical (unpaired) electrons. The van der Waals surface area contributed by atoms with Crippen molar-refractivity contribution in [2.75, 3.05) is 24.2 Å². The molecule has 9 heteroatoms. The summed E-state index contributed by atoms with van der Waals surface area (Å²) in [4.78, 5) is 25.9.